The summed E-state index contributed by atoms with van der Waals surface area (Å²) in [5, 5.41) is 9.58. The van der Waals surface area contributed by atoms with Gasteiger partial charge in [-0.1, -0.05) is 19.6 Å². The third-order valence-corrected chi connectivity index (χ3v) is 4.06. The molecule has 2 rings (SSSR count). The van der Waals surface area contributed by atoms with Crippen LogP contribution in [-0.4, -0.2) is 29.3 Å². The van der Waals surface area contributed by atoms with Crippen molar-refractivity contribution >= 4 is 11.9 Å². The lowest BCUT2D eigenvalue weighted by Crippen LogP contribution is -2.18. The number of carbonyl (C=O) groups excluding carboxylic acids is 2. The predicted octanol–water partition coefficient (Wildman–Crippen LogP) is 2.27. The molecule has 120 valence electrons. The minimum atomic E-state index is -0.724. The summed E-state index contributed by atoms with van der Waals surface area (Å²) < 4.78 is 10.6. The van der Waals surface area contributed by atoms with Gasteiger partial charge >= 0.3 is 11.9 Å². The summed E-state index contributed by atoms with van der Waals surface area (Å²) in [4.78, 5) is 22.9. The number of esters is 2. The van der Waals surface area contributed by atoms with Crippen LogP contribution in [0.5, 0.6) is 0 Å². The number of fused-ring (bicyclic) bond motifs is 1. The van der Waals surface area contributed by atoms with E-state index in [-0.39, 0.29) is 23.9 Å². The molecule has 1 aliphatic carbocycles. The van der Waals surface area contributed by atoms with Gasteiger partial charge < -0.3 is 14.6 Å². The summed E-state index contributed by atoms with van der Waals surface area (Å²) in [6.45, 7) is 8.73. The number of rotatable bonds is 3. The summed E-state index contributed by atoms with van der Waals surface area (Å²) in [6.07, 6.45) is 3.81. The van der Waals surface area contributed by atoms with Crippen LogP contribution in [0.4, 0.5) is 0 Å². The zero-order valence-corrected chi connectivity index (χ0v) is 13.2. The van der Waals surface area contributed by atoms with E-state index in [0.29, 0.717) is 24.2 Å². The maximum absolute atomic E-state index is 11.6. The summed E-state index contributed by atoms with van der Waals surface area (Å²) in [5.41, 5.74) is 1.36. The van der Waals surface area contributed by atoms with Gasteiger partial charge in [-0.15, -0.1) is 0 Å². The van der Waals surface area contributed by atoms with Crippen LogP contribution in [0.2, 0.25) is 0 Å². The third-order valence-electron chi connectivity index (χ3n) is 4.06. The van der Waals surface area contributed by atoms with Crippen LogP contribution in [0.25, 0.3) is 0 Å². The molecule has 4 atom stereocenters. The number of allylic oxidation sites excluding steroid dienone is 2. The van der Waals surface area contributed by atoms with Crippen LogP contribution < -0.4 is 0 Å². The summed E-state index contributed by atoms with van der Waals surface area (Å²) in [6, 6.07) is 0. The molecule has 0 radical (unpaired) electrons. The van der Waals surface area contributed by atoms with Crippen LogP contribution in [0.3, 0.4) is 0 Å². The first kappa shape index (κ1) is 16.5. The predicted molar refractivity (Wildman–Crippen MR) is 80.5 cm³/mol. The second-order valence-electron chi connectivity index (χ2n) is 5.97. The van der Waals surface area contributed by atoms with E-state index in [1.54, 1.807) is 6.92 Å². The molecule has 1 heterocycles. The molecule has 0 bridgehead atoms. The van der Waals surface area contributed by atoms with Gasteiger partial charge in [0.15, 0.2) is 0 Å². The molecule has 1 fully saturated rings. The van der Waals surface area contributed by atoms with Crippen LogP contribution in [0.15, 0.2) is 35.6 Å². The highest BCUT2D eigenvalue weighted by Crippen LogP contribution is 2.40. The molecule has 0 saturated carbocycles. The van der Waals surface area contributed by atoms with Crippen molar-refractivity contribution in [3.05, 3.63) is 35.6 Å². The van der Waals surface area contributed by atoms with Gasteiger partial charge in [0, 0.05) is 18.4 Å². The van der Waals surface area contributed by atoms with Gasteiger partial charge in [-0.3, -0.25) is 4.79 Å². The van der Waals surface area contributed by atoms with Crippen molar-refractivity contribution in [2.75, 3.05) is 0 Å². The molecule has 4 unspecified atom stereocenters. The van der Waals surface area contributed by atoms with Gasteiger partial charge in [0.1, 0.15) is 11.9 Å². The van der Waals surface area contributed by atoms with Crippen LogP contribution in [0.1, 0.15) is 33.6 Å². The quantitative estimate of drug-likeness (QED) is 0.492. The van der Waals surface area contributed by atoms with Crippen LogP contribution in [-0.2, 0) is 19.1 Å². The van der Waals surface area contributed by atoms with Crippen molar-refractivity contribution in [3.8, 4) is 0 Å². The molecule has 0 aromatic carbocycles. The van der Waals surface area contributed by atoms with Crippen molar-refractivity contribution < 1.29 is 24.2 Å². The highest BCUT2D eigenvalue weighted by molar-refractivity contribution is 5.90. The van der Waals surface area contributed by atoms with Crippen molar-refractivity contribution in [2.45, 2.75) is 45.8 Å². The van der Waals surface area contributed by atoms with Gasteiger partial charge in [0.25, 0.3) is 0 Å². The Hall–Kier alpha value is -1.88. The van der Waals surface area contributed by atoms with E-state index in [4.69, 9.17) is 9.47 Å². The molecule has 2 aliphatic rings. The second-order valence-corrected chi connectivity index (χ2v) is 5.97. The SMILES string of the molecule is C=C1C(=O)OC2CC(C)C(C(=CC(C)O)OC(C)=O)=CCC12. The monoisotopic (exact) mass is 306 g/mol. The Kier molecular flexibility index (Phi) is 4.86. The Morgan fingerprint density at radius 3 is 2.86 bits per heavy atom. The van der Waals surface area contributed by atoms with Gasteiger partial charge in [0.05, 0.1) is 6.10 Å². The zero-order chi connectivity index (χ0) is 16.4. The third kappa shape index (κ3) is 3.47. The molecule has 22 heavy (non-hydrogen) atoms. The molecule has 5 heteroatoms. The maximum Gasteiger partial charge on any atom is 0.334 e. The fraction of sp³-hybridized carbons (Fsp3) is 0.529. The van der Waals surface area contributed by atoms with E-state index < -0.39 is 12.1 Å². The number of aliphatic hydroxyl groups is 1. The number of hydrogen-bond donors (Lipinski definition) is 1. The Labute approximate surface area is 130 Å². The normalized spacial score (nSPS) is 30.1. The molecular weight excluding hydrogens is 284 g/mol. The van der Waals surface area contributed by atoms with E-state index >= 15 is 0 Å². The topological polar surface area (TPSA) is 72.8 Å². The van der Waals surface area contributed by atoms with Gasteiger partial charge in [0.2, 0.25) is 0 Å². The van der Waals surface area contributed by atoms with Crippen molar-refractivity contribution in [3.63, 3.8) is 0 Å². The first-order valence-corrected chi connectivity index (χ1v) is 7.48. The van der Waals surface area contributed by atoms with E-state index in [1.807, 2.05) is 13.0 Å². The number of carbonyl (C=O) groups is 2. The molecule has 5 nitrogen and oxygen atoms in total. The molecular formula is C17H22O5. The minimum Gasteiger partial charge on any atom is -0.458 e. The fourth-order valence-electron chi connectivity index (χ4n) is 3.01. The zero-order valence-electron chi connectivity index (χ0n) is 13.2. The van der Waals surface area contributed by atoms with E-state index in [9.17, 15) is 14.7 Å². The van der Waals surface area contributed by atoms with E-state index in [0.717, 1.165) is 5.57 Å². The molecule has 0 amide bonds. The lowest BCUT2D eigenvalue weighted by Gasteiger charge is -2.20. The van der Waals surface area contributed by atoms with Gasteiger partial charge in [-0.05, 0) is 37.3 Å². The fourth-order valence-corrected chi connectivity index (χ4v) is 3.01. The smallest absolute Gasteiger partial charge is 0.334 e. The number of ether oxygens (including phenoxy) is 2. The molecule has 0 aromatic rings. The van der Waals surface area contributed by atoms with Crippen molar-refractivity contribution in [2.24, 2.45) is 11.8 Å². The first-order chi connectivity index (χ1) is 10.3. The van der Waals surface area contributed by atoms with Crippen LogP contribution in [0, 0.1) is 11.8 Å². The average molecular weight is 306 g/mol. The molecule has 1 N–H and O–H groups in total. The van der Waals surface area contributed by atoms with Crippen molar-refractivity contribution in [1.82, 2.24) is 0 Å². The Balaban J connectivity index is 2.29. The first-order valence-electron chi connectivity index (χ1n) is 7.48. The van der Waals surface area contributed by atoms with Crippen molar-refractivity contribution in [1.29, 1.82) is 0 Å². The Morgan fingerprint density at radius 2 is 2.27 bits per heavy atom. The Bertz CT molecular complexity index is 555. The summed E-state index contributed by atoms with van der Waals surface area (Å²) in [7, 11) is 0. The molecule has 1 aliphatic heterocycles. The molecule has 0 spiro atoms. The van der Waals surface area contributed by atoms with E-state index in [1.165, 1.54) is 13.0 Å². The van der Waals surface area contributed by atoms with Gasteiger partial charge in [-0.25, -0.2) is 4.79 Å². The van der Waals surface area contributed by atoms with Gasteiger partial charge in [-0.2, -0.15) is 0 Å². The number of aliphatic hydroxyl groups excluding tert-OH is 1. The summed E-state index contributed by atoms with van der Waals surface area (Å²) in [5.74, 6) is -0.360. The minimum absolute atomic E-state index is 0.0300. The lowest BCUT2D eigenvalue weighted by atomic mass is 9.90. The summed E-state index contributed by atoms with van der Waals surface area (Å²) >= 11 is 0. The Morgan fingerprint density at radius 1 is 1.59 bits per heavy atom. The highest BCUT2D eigenvalue weighted by atomic mass is 16.6. The number of hydrogen-bond acceptors (Lipinski definition) is 5. The average Bonchev–Trinajstić information content (AvgIpc) is 2.56. The largest absolute Gasteiger partial charge is 0.458 e. The highest BCUT2D eigenvalue weighted by Gasteiger charge is 2.41. The maximum atomic E-state index is 11.6. The van der Waals surface area contributed by atoms with E-state index in [2.05, 4.69) is 6.58 Å². The lowest BCUT2D eigenvalue weighted by molar-refractivity contribution is -0.139. The standard InChI is InChI=1S/C17H22O5/c1-9-7-15-14(11(3)17(20)22-15)6-5-13(9)16(8-10(2)18)21-12(4)19/h5,8-10,14-15,18H,3,6-7H2,1-2,4H3. The molecule has 1 saturated heterocycles. The van der Waals surface area contributed by atoms with Crippen LogP contribution >= 0.6 is 0 Å². The second kappa shape index (κ2) is 6.48. The molecule has 0 aromatic heterocycles.